The molecule has 16 heavy (non-hydrogen) atoms. The SMILES string of the molecule is CS(=O)(=O)c1ccc(NC(=O)CCS)cc1. The molecule has 1 aromatic carbocycles. The average molecular weight is 259 g/mol. The first-order valence-electron chi connectivity index (χ1n) is 4.64. The number of rotatable bonds is 4. The Labute approximate surface area is 100 Å². The largest absolute Gasteiger partial charge is 0.326 e. The molecule has 88 valence electrons. The van der Waals surface area contributed by atoms with Crippen LogP contribution in [0, 0.1) is 0 Å². The molecule has 0 unspecified atom stereocenters. The Kier molecular flexibility index (Phi) is 4.37. The molecule has 0 aliphatic rings. The van der Waals surface area contributed by atoms with Crippen LogP contribution in [0.5, 0.6) is 0 Å². The minimum atomic E-state index is -3.18. The maximum atomic E-state index is 11.2. The van der Waals surface area contributed by atoms with Crippen LogP contribution in [0.25, 0.3) is 0 Å². The second-order valence-electron chi connectivity index (χ2n) is 3.32. The van der Waals surface area contributed by atoms with Gasteiger partial charge in [0.2, 0.25) is 5.91 Å². The van der Waals surface area contributed by atoms with E-state index in [1.165, 1.54) is 12.1 Å². The Morgan fingerprint density at radius 1 is 1.31 bits per heavy atom. The quantitative estimate of drug-likeness (QED) is 0.802. The molecule has 1 rings (SSSR count). The molecule has 1 aromatic rings. The first-order valence-corrected chi connectivity index (χ1v) is 7.16. The van der Waals surface area contributed by atoms with E-state index in [-0.39, 0.29) is 10.8 Å². The topological polar surface area (TPSA) is 63.2 Å². The predicted octanol–water partition coefficient (Wildman–Crippen LogP) is 1.35. The highest BCUT2D eigenvalue weighted by Gasteiger charge is 2.06. The zero-order chi connectivity index (χ0) is 12.2. The number of anilines is 1. The Hall–Kier alpha value is -1.01. The second kappa shape index (κ2) is 5.36. The maximum absolute atomic E-state index is 11.2. The Balaban J connectivity index is 2.76. The van der Waals surface area contributed by atoms with E-state index < -0.39 is 9.84 Å². The van der Waals surface area contributed by atoms with Gasteiger partial charge < -0.3 is 5.32 Å². The van der Waals surface area contributed by atoms with Crippen molar-refractivity contribution in [3.05, 3.63) is 24.3 Å². The molecule has 0 saturated heterocycles. The zero-order valence-electron chi connectivity index (χ0n) is 8.80. The van der Waals surface area contributed by atoms with Crippen LogP contribution < -0.4 is 5.32 Å². The van der Waals surface area contributed by atoms with Crippen LogP contribution in [-0.4, -0.2) is 26.3 Å². The molecule has 0 atom stereocenters. The van der Waals surface area contributed by atoms with Crippen molar-refractivity contribution in [2.75, 3.05) is 17.3 Å². The van der Waals surface area contributed by atoms with Crippen LogP contribution in [0.15, 0.2) is 29.2 Å². The molecule has 0 radical (unpaired) electrons. The van der Waals surface area contributed by atoms with E-state index in [9.17, 15) is 13.2 Å². The first-order chi connectivity index (χ1) is 7.43. The molecule has 0 aromatic heterocycles. The molecule has 0 bridgehead atoms. The minimum Gasteiger partial charge on any atom is -0.326 e. The van der Waals surface area contributed by atoms with E-state index in [1.54, 1.807) is 12.1 Å². The lowest BCUT2D eigenvalue weighted by molar-refractivity contribution is -0.115. The normalized spacial score (nSPS) is 11.1. The van der Waals surface area contributed by atoms with Gasteiger partial charge in [-0.15, -0.1) is 0 Å². The van der Waals surface area contributed by atoms with Gasteiger partial charge in [0.05, 0.1) is 4.90 Å². The fourth-order valence-electron chi connectivity index (χ4n) is 1.11. The van der Waals surface area contributed by atoms with Gasteiger partial charge in [0.15, 0.2) is 9.84 Å². The van der Waals surface area contributed by atoms with Crippen molar-refractivity contribution in [3.63, 3.8) is 0 Å². The molecule has 0 aliphatic carbocycles. The summed E-state index contributed by atoms with van der Waals surface area (Å²) in [7, 11) is -3.18. The Morgan fingerprint density at radius 3 is 2.31 bits per heavy atom. The van der Waals surface area contributed by atoms with Crippen molar-refractivity contribution in [2.24, 2.45) is 0 Å². The van der Waals surface area contributed by atoms with Gasteiger partial charge in [-0.25, -0.2) is 8.42 Å². The van der Waals surface area contributed by atoms with Crippen LogP contribution in [0.3, 0.4) is 0 Å². The lowest BCUT2D eigenvalue weighted by atomic mass is 10.3. The number of sulfone groups is 1. The number of nitrogens with one attached hydrogen (secondary N) is 1. The number of hydrogen-bond donors (Lipinski definition) is 2. The van der Waals surface area contributed by atoms with Gasteiger partial charge in [-0.2, -0.15) is 12.6 Å². The smallest absolute Gasteiger partial charge is 0.225 e. The van der Waals surface area contributed by atoms with Gasteiger partial charge >= 0.3 is 0 Å². The van der Waals surface area contributed by atoms with Crippen molar-refractivity contribution >= 4 is 34.1 Å². The number of thiol groups is 1. The third-order valence-electron chi connectivity index (χ3n) is 1.91. The highest BCUT2D eigenvalue weighted by molar-refractivity contribution is 7.90. The van der Waals surface area contributed by atoms with Crippen molar-refractivity contribution < 1.29 is 13.2 Å². The van der Waals surface area contributed by atoms with E-state index >= 15 is 0 Å². The van der Waals surface area contributed by atoms with E-state index in [4.69, 9.17) is 0 Å². The summed E-state index contributed by atoms with van der Waals surface area (Å²) in [5.74, 6) is 0.342. The van der Waals surface area contributed by atoms with E-state index in [0.29, 0.717) is 17.9 Å². The third-order valence-corrected chi connectivity index (χ3v) is 3.26. The van der Waals surface area contributed by atoms with Gasteiger partial charge in [0.1, 0.15) is 0 Å². The summed E-state index contributed by atoms with van der Waals surface area (Å²) < 4.78 is 22.3. The van der Waals surface area contributed by atoms with E-state index in [0.717, 1.165) is 6.26 Å². The number of carbonyl (C=O) groups is 1. The molecule has 0 fully saturated rings. The highest BCUT2D eigenvalue weighted by atomic mass is 32.2. The second-order valence-corrected chi connectivity index (χ2v) is 5.78. The van der Waals surface area contributed by atoms with Crippen molar-refractivity contribution in [1.82, 2.24) is 0 Å². The van der Waals surface area contributed by atoms with Gasteiger partial charge in [0, 0.05) is 18.4 Å². The summed E-state index contributed by atoms with van der Waals surface area (Å²) in [6.07, 6.45) is 1.47. The van der Waals surface area contributed by atoms with Gasteiger partial charge in [0.25, 0.3) is 0 Å². The molecular formula is C10H13NO3S2. The minimum absolute atomic E-state index is 0.137. The summed E-state index contributed by atoms with van der Waals surface area (Å²) >= 11 is 3.94. The average Bonchev–Trinajstić information content (AvgIpc) is 2.17. The van der Waals surface area contributed by atoms with Crippen LogP contribution in [0.4, 0.5) is 5.69 Å². The third kappa shape index (κ3) is 3.86. The molecule has 4 nitrogen and oxygen atoms in total. The lowest BCUT2D eigenvalue weighted by Crippen LogP contribution is -2.11. The standard InChI is InChI=1S/C10H13NO3S2/c1-16(13,14)9-4-2-8(3-5-9)11-10(12)6-7-15/h2-5,15H,6-7H2,1H3,(H,11,12). The number of carbonyl (C=O) groups excluding carboxylic acids is 1. The Morgan fingerprint density at radius 2 is 1.88 bits per heavy atom. The number of hydrogen-bond acceptors (Lipinski definition) is 4. The van der Waals surface area contributed by atoms with Gasteiger partial charge in [-0.3, -0.25) is 4.79 Å². The fraction of sp³-hybridized carbons (Fsp3) is 0.300. The molecular weight excluding hydrogens is 246 g/mol. The number of benzene rings is 1. The molecule has 1 amide bonds. The number of amides is 1. The summed E-state index contributed by atoms with van der Waals surface area (Å²) in [6, 6.07) is 6.05. The Bertz CT molecular complexity index is 465. The van der Waals surface area contributed by atoms with Crippen LogP contribution >= 0.6 is 12.6 Å². The summed E-state index contributed by atoms with van der Waals surface area (Å²) in [5.41, 5.74) is 0.583. The molecule has 0 saturated carbocycles. The van der Waals surface area contributed by atoms with E-state index in [1.807, 2.05) is 0 Å². The predicted molar refractivity (Wildman–Crippen MR) is 66.7 cm³/mol. The summed E-state index contributed by atoms with van der Waals surface area (Å²) in [6.45, 7) is 0. The monoisotopic (exact) mass is 259 g/mol. The van der Waals surface area contributed by atoms with Gasteiger partial charge in [-0.1, -0.05) is 0 Å². The van der Waals surface area contributed by atoms with Gasteiger partial charge in [-0.05, 0) is 30.0 Å². The van der Waals surface area contributed by atoms with Crippen molar-refractivity contribution in [1.29, 1.82) is 0 Å². The van der Waals surface area contributed by atoms with Crippen LogP contribution in [-0.2, 0) is 14.6 Å². The van der Waals surface area contributed by atoms with Crippen molar-refractivity contribution in [2.45, 2.75) is 11.3 Å². The molecule has 0 aliphatic heterocycles. The summed E-state index contributed by atoms with van der Waals surface area (Å²) in [5, 5.41) is 2.64. The van der Waals surface area contributed by atoms with Crippen LogP contribution in [0.1, 0.15) is 6.42 Å². The first kappa shape index (κ1) is 13.1. The molecule has 6 heteroatoms. The van der Waals surface area contributed by atoms with Crippen LogP contribution in [0.2, 0.25) is 0 Å². The molecule has 0 heterocycles. The highest BCUT2D eigenvalue weighted by Crippen LogP contribution is 2.13. The maximum Gasteiger partial charge on any atom is 0.225 e. The van der Waals surface area contributed by atoms with Crippen molar-refractivity contribution in [3.8, 4) is 0 Å². The van der Waals surface area contributed by atoms with E-state index in [2.05, 4.69) is 17.9 Å². The summed E-state index contributed by atoms with van der Waals surface area (Å²) in [4.78, 5) is 11.5. The molecule has 1 N–H and O–H groups in total. The molecule has 0 spiro atoms. The fourth-order valence-corrected chi connectivity index (χ4v) is 1.94. The lowest BCUT2D eigenvalue weighted by Gasteiger charge is -2.04. The zero-order valence-corrected chi connectivity index (χ0v) is 10.5.